The highest BCUT2D eigenvalue weighted by molar-refractivity contribution is 6.02. The average Bonchev–Trinajstić information content (AvgIpc) is 2.67. The number of nitrogens with zero attached hydrogens (tertiary/aromatic N) is 1. The Morgan fingerprint density at radius 2 is 1.89 bits per heavy atom. The number of carbonyl (C=O) groups is 2. The first-order chi connectivity index (χ1) is 13.0. The fourth-order valence-corrected chi connectivity index (χ4v) is 3.38. The molecule has 5 nitrogen and oxygen atoms in total. The number of hydrogen-bond donors (Lipinski definition) is 2. The first kappa shape index (κ1) is 19.0. The van der Waals surface area contributed by atoms with E-state index in [-0.39, 0.29) is 17.9 Å². The van der Waals surface area contributed by atoms with Crippen LogP contribution >= 0.6 is 0 Å². The molecule has 0 aliphatic carbocycles. The normalized spacial score (nSPS) is 14.3. The van der Waals surface area contributed by atoms with Crippen LogP contribution in [0.1, 0.15) is 48.7 Å². The van der Waals surface area contributed by atoms with Crippen molar-refractivity contribution in [2.45, 2.75) is 46.2 Å². The second-order valence-corrected chi connectivity index (χ2v) is 7.14. The minimum atomic E-state index is -0.150. The van der Waals surface area contributed by atoms with Crippen LogP contribution in [-0.2, 0) is 17.8 Å². The number of anilines is 2. The lowest BCUT2D eigenvalue weighted by Gasteiger charge is -2.32. The molecule has 2 aromatic carbocycles. The quantitative estimate of drug-likeness (QED) is 0.849. The van der Waals surface area contributed by atoms with Gasteiger partial charge in [0.1, 0.15) is 0 Å². The first-order valence-corrected chi connectivity index (χ1v) is 9.52. The Hall–Kier alpha value is -2.82. The SMILES string of the molecule is CC[C@@H](C)NC(=O)c1cc(NC(C)=O)ccc1N1CCc2ccccc2C1. The third-order valence-electron chi connectivity index (χ3n) is 5.02. The number of rotatable bonds is 5. The molecular weight excluding hydrogens is 338 g/mol. The Balaban J connectivity index is 1.93. The fourth-order valence-electron chi connectivity index (χ4n) is 3.38. The van der Waals surface area contributed by atoms with Crippen LogP contribution in [0.2, 0.25) is 0 Å². The van der Waals surface area contributed by atoms with Crippen LogP contribution in [0, 0.1) is 0 Å². The van der Waals surface area contributed by atoms with Gasteiger partial charge in [-0.25, -0.2) is 0 Å². The lowest BCUT2D eigenvalue weighted by atomic mass is 9.98. The minimum absolute atomic E-state index is 0.0943. The Bertz CT molecular complexity index is 847. The van der Waals surface area contributed by atoms with Crippen molar-refractivity contribution in [1.29, 1.82) is 0 Å². The van der Waals surface area contributed by atoms with Gasteiger partial charge in [0.05, 0.1) is 5.56 Å². The summed E-state index contributed by atoms with van der Waals surface area (Å²) in [5.41, 5.74) is 4.80. The molecule has 1 atom stereocenters. The number of fused-ring (bicyclic) bond motifs is 1. The molecular formula is C22H27N3O2. The summed E-state index contributed by atoms with van der Waals surface area (Å²) in [7, 11) is 0. The van der Waals surface area contributed by atoms with Crippen molar-refractivity contribution in [3.8, 4) is 0 Å². The first-order valence-electron chi connectivity index (χ1n) is 9.52. The van der Waals surface area contributed by atoms with Crippen molar-refractivity contribution >= 4 is 23.2 Å². The molecule has 2 aromatic rings. The topological polar surface area (TPSA) is 61.4 Å². The van der Waals surface area contributed by atoms with Gasteiger partial charge in [0.15, 0.2) is 0 Å². The lowest BCUT2D eigenvalue weighted by Crippen LogP contribution is -2.35. The van der Waals surface area contributed by atoms with E-state index in [1.807, 2.05) is 26.0 Å². The highest BCUT2D eigenvalue weighted by Crippen LogP contribution is 2.29. The molecule has 1 aliphatic heterocycles. The zero-order valence-electron chi connectivity index (χ0n) is 16.2. The maximum Gasteiger partial charge on any atom is 0.253 e. The molecule has 3 rings (SSSR count). The third-order valence-corrected chi connectivity index (χ3v) is 5.02. The van der Waals surface area contributed by atoms with E-state index in [1.165, 1.54) is 18.1 Å². The van der Waals surface area contributed by atoms with Crippen LogP contribution in [0.3, 0.4) is 0 Å². The van der Waals surface area contributed by atoms with Crippen molar-refractivity contribution in [3.05, 3.63) is 59.2 Å². The Morgan fingerprint density at radius 3 is 2.59 bits per heavy atom. The molecule has 0 saturated heterocycles. The van der Waals surface area contributed by atoms with E-state index in [9.17, 15) is 9.59 Å². The van der Waals surface area contributed by atoms with Gasteiger partial charge in [-0.1, -0.05) is 31.2 Å². The van der Waals surface area contributed by atoms with Crippen LogP contribution in [0.15, 0.2) is 42.5 Å². The van der Waals surface area contributed by atoms with Crippen molar-refractivity contribution in [2.75, 3.05) is 16.8 Å². The fraction of sp³-hybridized carbons (Fsp3) is 0.364. The molecule has 0 bridgehead atoms. The van der Waals surface area contributed by atoms with E-state index >= 15 is 0 Å². The van der Waals surface area contributed by atoms with E-state index in [1.54, 1.807) is 6.07 Å². The molecule has 5 heteroatoms. The van der Waals surface area contributed by atoms with Gasteiger partial charge in [-0.3, -0.25) is 9.59 Å². The summed E-state index contributed by atoms with van der Waals surface area (Å²) < 4.78 is 0. The molecule has 27 heavy (non-hydrogen) atoms. The van der Waals surface area contributed by atoms with Gasteiger partial charge < -0.3 is 15.5 Å². The maximum atomic E-state index is 12.9. The summed E-state index contributed by atoms with van der Waals surface area (Å²) in [6.07, 6.45) is 1.82. The maximum absolute atomic E-state index is 12.9. The molecule has 1 heterocycles. The van der Waals surface area contributed by atoms with E-state index in [0.717, 1.165) is 31.6 Å². The van der Waals surface area contributed by atoms with Crippen LogP contribution < -0.4 is 15.5 Å². The average molecular weight is 365 g/mol. The summed E-state index contributed by atoms with van der Waals surface area (Å²) in [4.78, 5) is 26.6. The molecule has 0 fully saturated rings. The van der Waals surface area contributed by atoms with Gasteiger partial charge in [0.25, 0.3) is 5.91 Å². The molecule has 142 valence electrons. The lowest BCUT2D eigenvalue weighted by molar-refractivity contribution is -0.114. The zero-order chi connectivity index (χ0) is 19.4. The Labute approximate surface area is 160 Å². The number of carbonyl (C=O) groups excluding carboxylic acids is 2. The minimum Gasteiger partial charge on any atom is -0.366 e. The van der Waals surface area contributed by atoms with Gasteiger partial charge >= 0.3 is 0 Å². The Kier molecular flexibility index (Phi) is 5.79. The molecule has 1 aliphatic rings. The highest BCUT2D eigenvalue weighted by Gasteiger charge is 2.22. The smallest absolute Gasteiger partial charge is 0.253 e. The second-order valence-electron chi connectivity index (χ2n) is 7.14. The van der Waals surface area contributed by atoms with Crippen molar-refractivity contribution in [1.82, 2.24) is 5.32 Å². The molecule has 2 amide bonds. The molecule has 2 N–H and O–H groups in total. The van der Waals surface area contributed by atoms with Crippen LogP contribution in [0.5, 0.6) is 0 Å². The second kappa shape index (κ2) is 8.25. The van der Waals surface area contributed by atoms with Gasteiger partial charge in [0, 0.05) is 37.4 Å². The monoisotopic (exact) mass is 365 g/mol. The largest absolute Gasteiger partial charge is 0.366 e. The Morgan fingerprint density at radius 1 is 1.15 bits per heavy atom. The van der Waals surface area contributed by atoms with Gasteiger partial charge in [-0.05, 0) is 49.1 Å². The molecule has 0 unspecified atom stereocenters. The highest BCUT2D eigenvalue weighted by atomic mass is 16.2. The van der Waals surface area contributed by atoms with E-state index in [2.05, 4.69) is 39.8 Å². The predicted molar refractivity (Wildman–Crippen MR) is 109 cm³/mol. The van der Waals surface area contributed by atoms with Crippen molar-refractivity contribution in [3.63, 3.8) is 0 Å². The van der Waals surface area contributed by atoms with Gasteiger partial charge in [0.2, 0.25) is 5.91 Å². The summed E-state index contributed by atoms with van der Waals surface area (Å²) in [6, 6.07) is 14.1. The molecule has 0 spiro atoms. The molecule has 0 radical (unpaired) electrons. The number of amides is 2. The van der Waals surface area contributed by atoms with Crippen LogP contribution in [-0.4, -0.2) is 24.4 Å². The third kappa shape index (κ3) is 4.48. The zero-order valence-corrected chi connectivity index (χ0v) is 16.2. The van der Waals surface area contributed by atoms with E-state index in [4.69, 9.17) is 0 Å². The van der Waals surface area contributed by atoms with Gasteiger partial charge in [-0.15, -0.1) is 0 Å². The summed E-state index contributed by atoms with van der Waals surface area (Å²) in [5, 5.41) is 5.82. The summed E-state index contributed by atoms with van der Waals surface area (Å²) in [5.74, 6) is -0.256. The van der Waals surface area contributed by atoms with Crippen molar-refractivity contribution < 1.29 is 9.59 Å². The van der Waals surface area contributed by atoms with Gasteiger partial charge in [-0.2, -0.15) is 0 Å². The summed E-state index contributed by atoms with van der Waals surface area (Å²) in [6.45, 7) is 7.14. The molecule has 0 saturated carbocycles. The molecule has 0 aromatic heterocycles. The van der Waals surface area contributed by atoms with E-state index < -0.39 is 0 Å². The predicted octanol–water partition coefficient (Wildman–Crippen LogP) is 3.74. The number of benzene rings is 2. The van der Waals surface area contributed by atoms with Crippen LogP contribution in [0.25, 0.3) is 0 Å². The van der Waals surface area contributed by atoms with Crippen LogP contribution in [0.4, 0.5) is 11.4 Å². The standard InChI is InChI=1S/C22H27N3O2/c1-4-15(2)23-22(27)20-13-19(24-16(3)26)9-10-21(20)25-12-11-17-7-5-6-8-18(17)14-25/h5-10,13,15H,4,11-12,14H2,1-3H3,(H,23,27)(H,24,26)/t15-/m1/s1. The van der Waals surface area contributed by atoms with Crippen molar-refractivity contribution in [2.24, 2.45) is 0 Å². The number of nitrogens with one attached hydrogen (secondary N) is 2. The number of hydrogen-bond acceptors (Lipinski definition) is 3. The summed E-state index contributed by atoms with van der Waals surface area (Å²) >= 11 is 0. The van der Waals surface area contributed by atoms with E-state index in [0.29, 0.717) is 11.3 Å².